The Morgan fingerprint density at radius 3 is 2.68 bits per heavy atom. The Bertz CT molecular complexity index is 1500. The van der Waals surface area contributed by atoms with Crippen molar-refractivity contribution in [2.45, 2.75) is 32.9 Å². The number of hydrogen-bond donors (Lipinski definition) is 2. The molecule has 0 saturated carbocycles. The number of amides is 1. The lowest BCUT2D eigenvalue weighted by molar-refractivity contribution is -0.119. The highest BCUT2D eigenvalue weighted by molar-refractivity contribution is 7.16. The van der Waals surface area contributed by atoms with Crippen molar-refractivity contribution in [3.8, 4) is 0 Å². The number of nitrogen functional groups attached to an aromatic ring is 1. The smallest absolute Gasteiger partial charge is 0.330 e. The van der Waals surface area contributed by atoms with Crippen LogP contribution in [0.1, 0.15) is 25.3 Å². The number of nitrogens with two attached hydrogens (primary N) is 1. The molecule has 3 N–H and O–H groups in total. The van der Waals surface area contributed by atoms with Gasteiger partial charge in [-0.15, -0.1) is 11.3 Å². The van der Waals surface area contributed by atoms with E-state index in [4.69, 9.17) is 5.73 Å². The summed E-state index contributed by atoms with van der Waals surface area (Å²) >= 11 is 1.34. The van der Waals surface area contributed by atoms with E-state index in [-0.39, 0.29) is 36.7 Å². The highest BCUT2D eigenvalue weighted by Gasteiger charge is 2.25. The first kappa shape index (κ1) is 23.2. The SMILES string of the molecule is CCCCN(C(=O)Cn1cnc2sccc2c1=O)c1c(N)n(Cc2ccccc2)c(=O)[nH]c1=O. The third-order valence-electron chi connectivity index (χ3n) is 5.46. The molecular weight excluding hydrogens is 456 g/mol. The number of hydrogen-bond acceptors (Lipinski definition) is 7. The number of aromatic amines is 1. The van der Waals surface area contributed by atoms with Gasteiger partial charge in [0.2, 0.25) is 5.91 Å². The van der Waals surface area contributed by atoms with Gasteiger partial charge in [0, 0.05) is 6.54 Å². The van der Waals surface area contributed by atoms with Crippen LogP contribution < -0.4 is 27.4 Å². The van der Waals surface area contributed by atoms with Crippen molar-refractivity contribution in [3.63, 3.8) is 0 Å². The van der Waals surface area contributed by atoms with Crippen molar-refractivity contribution in [1.29, 1.82) is 0 Å². The molecule has 3 heterocycles. The van der Waals surface area contributed by atoms with Crippen LogP contribution in [0, 0.1) is 0 Å². The van der Waals surface area contributed by atoms with Crippen LogP contribution in [0.3, 0.4) is 0 Å². The molecule has 10 nitrogen and oxygen atoms in total. The highest BCUT2D eigenvalue weighted by Crippen LogP contribution is 2.19. The fourth-order valence-electron chi connectivity index (χ4n) is 3.68. The number of nitrogens with one attached hydrogen (secondary N) is 1. The minimum atomic E-state index is -0.755. The molecule has 0 spiro atoms. The average molecular weight is 481 g/mol. The van der Waals surface area contributed by atoms with E-state index in [1.54, 1.807) is 11.4 Å². The summed E-state index contributed by atoms with van der Waals surface area (Å²) in [5.41, 5.74) is 5.24. The molecule has 1 amide bonds. The van der Waals surface area contributed by atoms with E-state index in [0.29, 0.717) is 16.6 Å². The van der Waals surface area contributed by atoms with Gasteiger partial charge in [-0.1, -0.05) is 43.7 Å². The second kappa shape index (κ2) is 9.87. The number of nitrogens with zero attached hydrogens (tertiary/aromatic N) is 4. The topological polar surface area (TPSA) is 136 Å². The monoisotopic (exact) mass is 480 g/mol. The van der Waals surface area contributed by atoms with Crippen LogP contribution in [-0.4, -0.2) is 31.6 Å². The summed E-state index contributed by atoms with van der Waals surface area (Å²) in [6.45, 7) is 1.96. The van der Waals surface area contributed by atoms with Crippen LogP contribution in [0.5, 0.6) is 0 Å². The number of carbonyl (C=O) groups is 1. The Hall–Kier alpha value is -3.99. The van der Waals surface area contributed by atoms with Gasteiger partial charge in [0.25, 0.3) is 11.1 Å². The van der Waals surface area contributed by atoms with Crippen LogP contribution in [0.2, 0.25) is 0 Å². The summed E-state index contributed by atoms with van der Waals surface area (Å²) in [5, 5.41) is 2.18. The molecular formula is C23H24N6O4S. The lowest BCUT2D eigenvalue weighted by Gasteiger charge is -2.24. The van der Waals surface area contributed by atoms with Gasteiger partial charge < -0.3 is 10.6 Å². The number of fused-ring (bicyclic) bond motifs is 1. The average Bonchev–Trinajstić information content (AvgIpc) is 3.31. The number of anilines is 2. The van der Waals surface area contributed by atoms with Gasteiger partial charge in [-0.3, -0.25) is 28.5 Å². The van der Waals surface area contributed by atoms with Crippen LogP contribution in [0.15, 0.2) is 62.5 Å². The molecule has 34 heavy (non-hydrogen) atoms. The number of carbonyl (C=O) groups excluding carboxylic acids is 1. The summed E-state index contributed by atoms with van der Waals surface area (Å²) in [5.74, 6) is -0.616. The number of aromatic nitrogens is 4. The van der Waals surface area contributed by atoms with E-state index >= 15 is 0 Å². The molecule has 0 atom stereocenters. The summed E-state index contributed by atoms with van der Waals surface area (Å²) in [7, 11) is 0. The molecule has 0 aliphatic rings. The first-order valence-electron chi connectivity index (χ1n) is 10.8. The van der Waals surface area contributed by atoms with Crippen molar-refractivity contribution >= 4 is 39.0 Å². The Labute approximate surface area is 197 Å². The van der Waals surface area contributed by atoms with Gasteiger partial charge in [-0.05, 0) is 23.4 Å². The zero-order valence-corrected chi connectivity index (χ0v) is 19.4. The molecule has 3 aromatic heterocycles. The molecule has 1 aromatic carbocycles. The quantitative estimate of drug-likeness (QED) is 0.394. The maximum atomic E-state index is 13.3. The Balaban J connectivity index is 1.74. The van der Waals surface area contributed by atoms with Crippen molar-refractivity contribution in [2.75, 3.05) is 17.2 Å². The maximum Gasteiger partial charge on any atom is 0.330 e. The minimum absolute atomic E-state index is 0.105. The van der Waals surface area contributed by atoms with Gasteiger partial charge in [0.05, 0.1) is 18.3 Å². The van der Waals surface area contributed by atoms with E-state index in [0.717, 1.165) is 12.0 Å². The second-order valence-electron chi connectivity index (χ2n) is 7.78. The normalized spacial score (nSPS) is 11.1. The van der Waals surface area contributed by atoms with Gasteiger partial charge in [-0.2, -0.15) is 0 Å². The zero-order valence-electron chi connectivity index (χ0n) is 18.6. The number of benzene rings is 1. The molecule has 4 aromatic rings. The van der Waals surface area contributed by atoms with Crippen molar-refractivity contribution in [3.05, 3.63) is 84.9 Å². The first-order valence-corrected chi connectivity index (χ1v) is 11.7. The number of unbranched alkanes of at least 4 members (excludes halogenated alkanes) is 1. The number of H-pyrrole nitrogens is 1. The first-order chi connectivity index (χ1) is 16.4. The standard InChI is InChI=1S/C23H24N6O4S/c1-2-3-10-28(17(30)13-27-14-25-21-16(22(27)32)9-11-34-21)18-19(24)29(23(33)26-20(18)31)12-15-7-5-4-6-8-15/h4-9,11,14H,2-3,10,12-13,24H2,1H3,(H,26,31,33). The van der Waals surface area contributed by atoms with Crippen molar-refractivity contribution in [2.24, 2.45) is 0 Å². The van der Waals surface area contributed by atoms with E-state index in [2.05, 4.69) is 9.97 Å². The van der Waals surface area contributed by atoms with Crippen LogP contribution >= 0.6 is 11.3 Å². The predicted molar refractivity (Wildman–Crippen MR) is 132 cm³/mol. The van der Waals surface area contributed by atoms with Crippen molar-refractivity contribution < 1.29 is 4.79 Å². The Kier molecular flexibility index (Phi) is 6.73. The van der Waals surface area contributed by atoms with E-state index < -0.39 is 17.2 Å². The minimum Gasteiger partial charge on any atom is -0.383 e. The molecule has 0 fully saturated rings. The molecule has 11 heteroatoms. The van der Waals surface area contributed by atoms with Crippen LogP contribution in [-0.2, 0) is 17.9 Å². The fraction of sp³-hybridized carbons (Fsp3) is 0.261. The molecule has 0 bridgehead atoms. The van der Waals surface area contributed by atoms with Gasteiger partial charge in [0.15, 0.2) is 5.69 Å². The molecule has 0 unspecified atom stereocenters. The number of rotatable bonds is 8. The molecule has 0 radical (unpaired) electrons. The third kappa shape index (κ3) is 4.55. The molecule has 0 saturated heterocycles. The van der Waals surface area contributed by atoms with Gasteiger partial charge >= 0.3 is 5.69 Å². The summed E-state index contributed by atoms with van der Waals surface area (Å²) in [4.78, 5) is 59.8. The lowest BCUT2D eigenvalue weighted by atomic mass is 10.2. The molecule has 0 aliphatic heterocycles. The van der Waals surface area contributed by atoms with Crippen LogP contribution in [0.25, 0.3) is 10.2 Å². The summed E-state index contributed by atoms with van der Waals surface area (Å²) < 4.78 is 2.43. The third-order valence-corrected chi connectivity index (χ3v) is 6.28. The molecule has 4 rings (SSSR count). The largest absolute Gasteiger partial charge is 0.383 e. The molecule has 0 aliphatic carbocycles. The molecule has 176 valence electrons. The van der Waals surface area contributed by atoms with E-state index in [1.165, 1.54) is 31.7 Å². The zero-order chi connectivity index (χ0) is 24.2. The van der Waals surface area contributed by atoms with Crippen LogP contribution in [0.4, 0.5) is 11.5 Å². The Morgan fingerprint density at radius 1 is 1.18 bits per heavy atom. The highest BCUT2D eigenvalue weighted by atomic mass is 32.1. The van der Waals surface area contributed by atoms with E-state index in [9.17, 15) is 19.2 Å². The lowest BCUT2D eigenvalue weighted by Crippen LogP contribution is -2.43. The van der Waals surface area contributed by atoms with Crippen molar-refractivity contribution in [1.82, 2.24) is 19.1 Å². The van der Waals surface area contributed by atoms with Gasteiger partial charge in [0.1, 0.15) is 17.2 Å². The Morgan fingerprint density at radius 2 is 1.94 bits per heavy atom. The van der Waals surface area contributed by atoms with Gasteiger partial charge in [-0.25, -0.2) is 9.78 Å². The second-order valence-corrected chi connectivity index (χ2v) is 8.68. The summed E-state index contributed by atoms with van der Waals surface area (Å²) in [6.07, 6.45) is 2.67. The fourth-order valence-corrected chi connectivity index (χ4v) is 4.40. The summed E-state index contributed by atoms with van der Waals surface area (Å²) in [6, 6.07) is 10.8. The maximum absolute atomic E-state index is 13.3. The number of thiophene rings is 1. The predicted octanol–water partition coefficient (Wildman–Crippen LogP) is 1.77. The van der Waals surface area contributed by atoms with E-state index in [1.807, 2.05) is 37.3 Å².